The molecule has 1 aromatic heterocycles. The Morgan fingerprint density at radius 1 is 1.03 bits per heavy atom. The van der Waals surface area contributed by atoms with Crippen molar-refractivity contribution in [2.24, 2.45) is 0 Å². The van der Waals surface area contributed by atoms with Crippen molar-refractivity contribution in [1.29, 1.82) is 5.41 Å². The standard InChI is InChI=1S/C24H22FN5O/c1-15-12-22(24(31)27-19-10-8-16(9-11-19)23(26)29(2)3)30(28-15)21-14-18-7-5-4-6-17(18)13-20(21)25/h4-14,26H,1-3H3,(H,27,31). The van der Waals surface area contributed by atoms with Gasteiger partial charge in [-0.1, -0.05) is 24.3 Å². The largest absolute Gasteiger partial charge is 0.363 e. The topological polar surface area (TPSA) is 74.0 Å². The van der Waals surface area contributed by atoms with Gasteiger partial charge in [0.1, 0.15) is 23.0 Å². The average Bonchev–Trinajstić information content (AvgIpc) is 3.14. The van der Waals surface area contributed by atoms with Crippen molar-refractivity contribution in [3.05, 3.63) is 89.5 Å². The van der Waals surface area contributed by atoms with Crippen LogP contribution in [0, 0.1) is 18.2 Å². The fourth-order valence-electron chi connectivity index (χ4n) is 3.37. The number of rotatable bonds is 4. The average molecular weight is 415 g/mol. The Balaban J connectivity index is 1.65. The second-order valence-corrected chi connectivity index (χ2v) is 7.51. The number of nitrogens with zero attached hydrogens (tertiary/aromatic N) is 3. The lowest BCUT2D eigenvalue weighted by atomic mass is 10.1. The Labute approximate surface area is 179 Å². The van der Waals surface area contributed by atoms with Crippen molar-refractivity contribution in [3.63, 3.8) is 0 Å². The molecule has 6 nitrogen and oxygen atoms in total. The Hall–Kier alpha value is -4.00. The van der Waals surface area contributed by atoms with Crippen LogP contribution in [-0.2, 0) is 0 Å². The number of anilines is 1. The van der Waals surface area contributed by atoms with Crippen LogP contribution in [0.5, 0.6) is 0 Å². The molecule has 0 bridgehead atoms. The maximum absolute atomic E-state index is 14.9. The molecule has 1 heterocycles. The maximum atomic E-state index is 14.9. The van der Waals surface area contributed by atoms with Gasteiger partial charge in [-0.05, 0) is 60.2 Å². The van der Waals surface area contributed by atoms with Gasteiger partial charge in [-0.2, -0.15) is 5.10 Å². The van der Waals surface area contributed by atoms with Crippen molar-refractivity contribution >= 4 is 28.2 Å². The molecule has 31 heavy (non-hydrogen) atoms. The van der Waals surface area contributed by atoms with Crippen LogP contribution < -0.4 is 5.32 Å². The minimum atomic E-state index is -0.456. The summed E-state index contributed by atoms with van der Waals surface area (Å²) in [5.41, 5.74) is 2.36. The van der Waals surface area contributed by atoms with Crippen LogP contribution in [0.2, 0.25) is 0 Å². The summed E-state index contributed by atoms with van der Waals surface area (Å²) < 4.78 is 16.2. The Morgan fingerprint density at radius 3 is 2.32 bits per heavy atom. The third-order valence-electron chi connectivity index (χ3n) is 4.97. The number of carbonyl (C=O) groups excluding carboxylic acids is 1. The van der Waals surface area contributed by atoms with Crippen molar-refractivity contribution in [1.82, 2.24) is 14.7 Å². The third kappa shape index (κ3) is 4.02. The van der Waals surface area contributed by atoms with E-state index >= 15 is 0 Å². The molecule has 0 unspecified atom stereocenters. The second-order valence-electron chi connectivity index (χ2n) is 7.51. The predicted octanol–water partition coefficient (Wildman–Crippen LogP) is 4.61. The zero-order chi connectivity index (χ0) is 22.1. The second kappa shape index (κ2) is 8.02. The normalized spacial score (nSPS) is 10.8. The first-order chi connectivity index (χ1) is 14.8. The molecule has 0 saturated heterocycles. The van der Waals surface area contributed by atoms with E-state index in [-0.39, 0.29) is 11.4 Å². The molecular formula is C24H22FN5O. The molecule has 0 radical (unpaired) electrons. The highest BCUT2D eigenvalue weighted by atomic mass is 19.1. The lowest BCUT2D eigenvalue weighted by molar-refractivity contribution is 0.101. The first-order valence-electron chi connectivity index (χ1n) is 9.76. The molecule has 7 heteroatoms. The number of hydrogen-bond acceptors (Lipinski definition) is 3. The van der Waals surface area contributed by atoms with Crippen LogP contribution >= 0.6 is 0 Å². The van der Waals surface area contributed by atoms with E-state index in [0.29, 0.717) is 17.2 Å². The number of nitrogens with one attached hydrogen (secondary N) is 2. The van der Waals surface area contributed by atoms with Crippen molar-refractivity contribution < 1.29 is 9.18 Å². The lowest BCUT2D eigenvalue weighted by Gasteiger charge is -2.14. The predicted molar refractivity (Wildman–Crippen MR) is 121 cm³/mol. The van der Waals surface area contributed by atoms with Gasteiger partial charge in [0.05, 0.1) is 5.69 Å². The molecule has 4 rings (SSSR count). The van der Waals surface area contributed by atoms with E-state index in [1.54, 1.807) is 62.3 Å². The van der Waals surface area contributed by atoms with Gasteiger partial charge < -0.3 is 10.2 Å². The molecule has 0 aliphatic carbocycles. The van der Waals surface area contributed by atoms with Crippen LogP contribution in [-0.4, -0.2) is 40.5 Å². The molecule has 0 atom stereocenters. The molecule has 156 valence electrons. The zero-order valence-electron chi connectivity index (χ0n) is 17.5. The number of aryl methyl sites for hydroxylation is 1. The summed E-state index contributed by atoms with van der Waals surface area (Å²) in [6, 6.07) is 19.2. The van der Waals surface area contributed by atoms with E-state index < -0.39 is 11.7 Å². The highest BCUT2D eigenvalue weighted by Crippen LogP contribution is 2.24. The Bertz CT molecular complexity index is 1290. The molecule has 0 saturated carbocycles. The zero-order valence-corrected chi connectivity index (χ0v) is 17.5. The Morgan fingerprint density at radius 2 is 1.68 bits per heavy atom. The summed E-state index contributed by atoms with van der Waals surface area (Å²) in [4.78, 5) is 14.7. The highest BCUT2D eigenvalue weighted by Gasteiger charge is 2.19. The number of fused-ring (bicyclic) bond motifs is 1. The monoisotopic (exact) mass is 415 g/mol. The van der Waals surface area contributed by atoms with Crippen LogP contribution in [0.3, 0.4) is 0 Å². The van der Waals surface area contributed by atoms with Gasteiger partial charge >= 0.3 is 0 Å². The molecule has 0 aliphatic rings. The van der Waals surface area contributed by atoms with Gasteiger partial charge in [-0.3, -0.25) is 10.2 Å². The van der Waals surface area contributed by atoms with Gasteiger partial charge in [0, 0.05) is 25.3 Å². The fraction of sp³-hybridized carbons (Fsp3) is 0.125. The number of halogens is 1. The number of aromatic nitrogens is 2. The first kappa shape index (κ1) is 20.3. The number of amides is 1. The summed E-state index contributed by atoms with van der Waals surface area (Å²) in [5.74, 6) is -0.482. The number of benzene rings is 3. The van der Waals surface area contributed by atoms with Crippen molar-refractivity contribution in [2.75, 3.05) is 19.4 Å². The van der Waals surface area contributed by atoms with Crippen LogP contribution in [0.15, 0.2) is 66.7 Å². The Kier molecular flexibility index (Phi) is 5.25. The summed E-state index contributed by atoms with van der Waals surface area (Å²) in [5, 5.41) is 16.8. The summed E-state index contributed by atoms with van der Waals surface area (Å²) in [6.07, 6.45) is 0. The van der Waals surface area contributed by atoms with Gasteiger partial charge in [-0.25, -0.2) is 9.07 Å². The van der Waals surface area contributed by atoms with E-state index in [2.05, 4.69) is 10.4 Å². The number of amidine groups is 1. The van der Waals surface area contributed by atoms with Crippen molar-refractivity contribution in [2.45, 2.75) is 6.92 Å². The molecule has 0 spiro atoms. The molecule has 0 aliphatic heterocycles. The SMILES string of the molecule is Cc1cc(C(=O)Nc2ccc(C(=N)N(C)C)cc2)n(-c2cc3ccccc3cc2F)n1. The molecule has 3 aromatic carbocycles. The molecular weight excluding hydrogens is 393 g/mol. The fourth-order valence-corrected chi connectivity index (χ4v) is 3.37. The molecule has 0 fully saturated rings. The van der Waals surface area contributed by atoms with E-state index in [0.717, 1.165) is 16.3 Å². The number of carbonyl (C=O) groups is 1. The maximum Gasteiger partial charge on any atom is 0.274 e. The third-order valence-corrected chi connectivity index (χ3v) is 4.97. The van der Waals surface area contributed by atoms with Gasteiger partial charge in [0.15, 0.2) is 0 Å². The van der Waals surface area contributed by atoms with E-state index in [1.165, 1.54) is 10.7 Å². The van der Waals surface area contributed by atoms with E-state index in [9.17, 15) is 9.18 Å². The van der Waals surface area contributed by atoms with E-state index in [4.69, 9.17) is 5.41 Å². The van der Waals surface area contributed by atoms with Crippen molar-refractivity contribution in [3.8, 4) is 5.69 Å². The molecule has 2 N–H and O–H groups in total. The lowest BCUT2D eigenvalue weighted by Crippen LogP contribution is -2.21. The summed E-state index contributed by atoms with van der Waals surface area (Å²) in [6.45, 7) is 1.76. The quantitative estimate of drug-likeness (QED) is 0.378. The first-order valence-corrected chi connectivity index (χ1v) is 9.76. The summed E-state index contributed by atoms with van der Waals surface area (Å²) in [7, 11) is 3.60. The van der Waals surface area contributed by atoms with Gasteiger partial charge in [0.2, 0.25) is 0 Å². The number of hydrogen-bond donors (Lipinski definition) is 2. The van der Waals surface area contributed by atoms with Crippen LogP contribution in [0.4, 0.5) is 10.1 Å². The van der Waals surface area contributed by atoms with Gasteiger partial charge in [0.25, 0.3) is 5.91 Å². The van der Waals surface area contributed by atoms with Gasteiger partial charge in [-0.15, -0.1) is 0 Å². The minimum Gasteiger partial charge on any atom is -0.363 e. The molecule has 4 aromatic rings. The summed E-state index contributed by atoms with van der Waals surface area (Å²) >= 11 is 0. The van der Waals surface area contributed by atoms with Crippen LogP contribution in [0.1, 0.15) is 21.7 Å². The van der Waals surface area contributed by atoms with Crippen LogP contribution in [0.25, 0.3) is 16.5 Å². The van der Waals surface area contributed by atoms with E-state index in [1.807, 2.05) is 24.3 Å². The smallest absolute Gasteiger partial charge is 0.274 e. The highest BCUT2D eigenvalue weighted by molar-refractivity contribution is 6.04. The minimum absolute atomic E-state index is 0.215. The molecule has 1 amide bonds.